The molecule has 0 spiro atoms. The normalized spacial score (nSPS) is 20.9. The van der Waals surface area contributed by atoms with Gasteiger partial charge in [-0.3, -0.25) is 0 Å². The average molecular weight is 297 g/mol. The standard InChI is InChI=1S/C19H40N2/c1-5-6-7-8-9-10-11-14-21-15-12-13-18(17-21)16-20-19(2,3)4/h18,20H,5-17H2,1-4H3. The van der Waals surface area contributed by atoms with E-state index < -0.39 is 0 Å². The van der Waals surface area contributed by atoms with Gasteiger partial charge in [-0.05, 0) is 65.6 Å². The molecule has 21 heavy (non-hydrogen) atoms. The van der Waals surface area contributed by atoms with Gasteiger partial charge in [0.05, 0.1) is 0 Å². The van der Waals surface area contributed by atoms with Gasteiger partial charge in [0.2, 0.25) is 0 Å². The van der Waals surface area contributed by atoms with Crippen LogP contribution in [0.1, 0.15) is 85.5 Å². The van der Waals surface area contributed by atoms with E-state index in [4.69, 9.17) is 0 Å². The van der Waals surface area contributed by atoms with Gasteiger partial charge in [0.1, 0.15) is 0 Å². The summed E-state index contributed by atoms with van der Waals surface area (Å²) in [7, 11) is 0. The van der Waals surface area contributed by atoms with Gasteiger partial charge in [-0.15, -0.1) is 0 Å². The summed E-state index contributed by atoms with van der Waals surface area (Å²) in [6.07, 6.45) is 12.8. The van der Waals surface area contributed by atoms with Crippen LogP contribution in [-0.4, -0.2) is 36.6 Å². The largest absolute Gasteiger partial charge is 0.312 e. The summed E-state index contributed by atoms with van der Waals surface area (Å²) in [4.78, 5) is 2.71. The lowest BCUT2D eigenvalue weighted by molar-refractivity contribution is 0.163. The van der Waals surface area contributed by atoms with Crippen LogP contribution in [0.4, 0.5) is 0 Å². The van der Waals surface area contributed by atoms with Gasteiger partial charge < -0.3 is 10.2 Å². The minimum absolute atomic E-state index is 0.265. The minimum atomic E-state index is 0.265. The van der Waals surface area contributed by atoms with E-state index in [0.717, 1.165) is 5.92 Å². The fourth-order valence-electron chi connectivity index (χ4n) is 3.26. The highest BCUT2D eigenvalue weighted by Crippen LogP contribution is 2.17. The number of rotatable bonds is 10. The van der Waals surface area contributed by atoms with Crippen molar-refractivity contribution in [2.24, 2.45) is 5.92 Å². The van der Waals surface area contributed by atoms with Crippen LogP contribution in [-0.2, 0) is 0 Å². The van der Waals surface area contributed by atoms with Crippen molar-refractivity contribution in [3.8, 4) is 0 Å². The third kappa shape index (κ3) is 10.3. The number of hydrogen-bond donors (Lipinski definition) is 1. The molecule has 1 heterocycles. The number of nitrogens with one attached hydrogen (secondary N) is 1. The Morgan fingerprint density at radius 3 is 2.33 bits per heavy atom. The van der Waals surface area contributed by atoms with Crippen LogP contribution in [0.25, 0.3) is 0 Å². The van der Waals surface area contributed by atoms with E-state index in [1.54, 1.807) is 0 Å². The van der Waals surface area contributed by atoms with Crippen LogP contribution < -0.4 is 5.32 Å². The van der Waals surface area contributed by atoms with Gasteiger partial charge >= 0.3 is 0 Å². The highest BCUT2D eigenvalue weighted by Gasteiger charge is 2.20. The fraction of sp³-hybridized carbons (Fsp3) is 1.00. The lowest BCUT2D eigenvalue weighted by Crippen LogP contribution is -2.44. The van der Waals surface area contributed by atoms with Crippen molar-refractivity contribution >= 4 is 0 Å². The molecule has 0 bridgehead atoms. The summed E-state index contributed by atoms with van der Waals surface area (Å²) in [6, 6.07) is 0. The van der Waals surface area contributed by atoms with Crippen LogP contribution in [0.15, 0.2) is 0 Å². The molecule has 0 aromatic carbocycles. The number of piperidine rings is 1. The first kappa shape index (κ1) is 19.0. The van der Waals surface area contributed by atoms with Crippen LogP contribution in [0.2, 0.25) is 0 Å². The van der Waals surface area contributed by atoms with Gasteiger partial charge in [-0.2, -0.15) is 0 Å². The molecule has 126 valence electrons. The summed E-state index contributed by atoms with van der Waals surface area (Å²) >= 11 is 0. The Hall–Kier alpha value is -0.0800. The molecule has 0 amide bonds. The van der Waals surface area contributed by atoms with Crippen molar-refractivity contribution in [3.05, 3.63) is 0 Å². The van der Waals surface area contributed by atoms with Crippen molar-refractivity contribution in [2.75, 3.05) is 26.2 Å². The fourth-order valence-corrected chi connectivity index (χ4v) is 3.26. The molecule has 1 fully saturated rings. The maximum atomic E-state index is 3.68. The van der Waals surface area contributed by atoms with Gasteiger partial charge in [-0.1, -0.05) is 45.4 Å². The first-order valence-electron chi connectivity index (χ1n) is 9.48. The van der Waals surface area contributed by atoms with Gasteiger partial charge in [0.15, 0.2) is 0 Å². The molecule has 0 aromatic heterocycles. The Labute approximate surface area is 134 Å². The molecule has 1 unspecified atom stereocenters. The first-order valence-corrected chi connectivity index (χ1v) is 9.48. The second-order valence-corrected chi connectivity index (χ2v) is 8.06. The summed E-state index contributed by atoms with van der Waals surface area (Å²) in [5, 5.41) is 3.68. The van der Waals surface area contributed by atoms with Gasteiger partial charge in [0.25, 0.3) is 0 Å². The Kier molecular flexibility index (Phi) is 9.59. The van der Waals surface area contributed by atoms with E-state index in [1.165, 1.54) is 84.0 Å². The Bertz CT molecular complexity index is 244. The summed E-state index contributed by atoms with van der Waals surface area (Å²) < 4.78 is 0. The van der Waals surface area contributed by atoms with E-state index in [1.807, 2.05) is 0 Å². The highest BCUT2D eigenvalue weighted by atomic mass is 15.1. The molecule has 1 rings (SSSR count). The molecule has 0 aromatic rings. The SMILES string of the molecule is CCCCCCCCCN1CCCC(CNC(C)(C)C)C1. The summed E-state index contributed by atoms with van der Waals surface area (Å²) in [5.41, 5.74) is 0.265. The van der Waals surface area contributed by atoms with Crippen molar-refractivity contribution in [1.29, 1.82) is 0 Å². The molecule has 0 aliphatic carbocycles. The van der Waals surface area contributed by atoms with Crippen LogP contribution in [0.3, 0.4) is 0 Å². The summed E-state index contributed by atoms with van der Waals surface area (Å²) in [5.74, 6) is 0.863. The predicted molar refractivity (Wildman–Crippen MR) is 94.9 cm³/mol. The molecular weight excluding hydrogens is 256 g/mol. The molecule has 1 aliphatic rings. The maximum absolute atomic E-state index is 3.68. The molecule has 1 saturated heterocycles. The number of hydrogen-bond acceptors (Lipinski definition) is 2. The molecule has 1 aliphatic heterocycles. The lowest BCUT2D eigenvalue weighted by atomic mass is 9.96. The molecule has 2 nitrogen and oxygen atoms in total. The Morgan fingerprint density at radius 1 is 1.00 bits per heavy atom. The Morgan fingerprint density at radius 2 is 1.67 bits per heavy atom. The van der Waals surface area contributed by atoms with E-state index >= 15 is 0 Å². The van der Waals surface area contributed by atoms with E-state index in [0.29, 0.717) is 0 Å². The molecular formula is C19H40N2. The van der Waals surface area contributed by atoms with E-state index in [2.05, 4.69) is 37.9 Å². The van der Waals surface area contributed by atoms with E-state index in [-0.39, 0.29) is 5.54 Å². The minimum Gasteiger partial charge on any atom is -0.312 e. The molecule has 2 heteroatoms. The summed E-state index contributed by atoms with van der Waals surface area (Å²) in [6.45, 7) is 14.3. The van der Waals surface area contributed by atoms with Crippen LogP contribution >= 0.6 is 0 Å². The zero-order chi connectivity index (χ0) is 15.6. The van der Waals surface area contributed by atoms with Crippen LogP contribution in [0, 0.1) is 5.92 Å². The van der Waals surface area contributed by atoms with Crippen molar-refractivity contribution in [1.82, 2.24) is 10.2 Å². The zero-order valence-electron chi connectivity index (χ0n) is 15.2. The third-order valence-electron chi connectivity index (χ3n) is 4.60. The number of likely N-dealkylation sites (tertiary alicyclic amines) is 1. The smallest absolute Gasteiger partial charge is 0.00966 e. The second kappa shape index (κ2) is 10.6. The molecule has 0 saturated carbocycles. The van der Waals surface area contributed by atoms with Gasteiger partial charge in [-0.25, -0.2) is 0 Å². The maximum Gasteiger partial charge on any atom is 0.00966 e. The lowest BCUT2D eigenvalue weighted by Gasteiger charge is -2.34. The van der Waals surface area contributed by atoms with Crippen molar-refractivity contribution in [3.63, 3.8) is 0 Å². The quantitative estimate of drug-likeness (QED) is 0.580. The monoisotopic (exact) mass is 296 g/mol. The number of nitrogens with zero attached hydrogens (tertiary/aromatic N) is 1. The van der Waals surface area contributed by atoms with Crippen molar-refractivity contribution < 1.29 is 0 Å². The topological polar surface area (TPSA) is 15.3 Å². The van der Waals surface area contributed by atoms with Crippen molar-refractivity contribution in [2.45, 2.75) is 91.0 Å². The third-order valence-corrected chi connectivity index (χ3v) is 4.60. The first-order chi connectivity index (χ1) is 10.0. The highest BCUT2D eigenvalue weighted by molar-refractivity contribution is 4.78. The zero-order valence-corrected chi connectivity index (χ0v) is 15.2. The molecule has 1 atom stereocenters. The van der Waals surface area contributed by atoms with E-state index in [9.17, 15) is 0 Å². The van der Waals surface area contributed by atoms with Gasteiger partial charge in [0, 0.05) is 12.1 Å². The molecule has 1 N–H and O–H groups in total. The predicted octanol–water partition coefficient (Wildman–Crippen LogP) is 4.84. The average Bonchev–Trinajstić information content (AvgIpc) is 2.44. The second-order valence-electron chi connectivity index (χ2n) is 8.06. The number of unbranched alkanes of at least 4 members (excludes halogenated alkanes) is 6. The Balaban J connectivity index is 2.04. The van der Waals surface area contributed by atoms with Crippen LogP contribution in [0.5, 0.6) is 0 Å². The molecule has 0 radical (unpaired) electrons.